The number of imide groups is 1. The van der Waals surface area contributed by atoms with Gasteiger partial charge in [-0.25, -0.2) is 0 Å². The van der Waals surface area contributed by atoms with Gasteiger partial charge in [-0.2, -0.15) is 0 Å². The molecule has 1 heterocycles. The van der Waals surface area contributed by atoms with Crippen molar-refractivity contribution in [1.29, 1.82) is 0 Å². The Morgan fingerprint density at radius 3 is 2.18 bits per heavy atom. The van der Waals surface area contributed by atoms with E-state index in [9.17, 15) is 9.59 Å². The molecule has 1 rings (SSSR count). The molecule has 1 fully saturated rings. The standard InChI is InChI=1S/C13H24N2O2/c1-9(2)8-14-6-5-7-15-12(16)10(3)11(4)13(15)17/h9-11,14H,5-8H2,1-4H3. The van der Waals surface area contributed by atoms with Crippen molar-refractivity contribution in [2.24, 2.45) is 17.8 Å². The van der Waals surface area contributed by atoms with Crippen LogP contribution in [0.4, 0.5) is 0 Å². The molecule has 1 aliphatic heterocycles. The molecule has 0 aromatic rings. The van der Waals surface area contributed by atoms with Crippen LogP contribution in [0, 0.1) is 17.8 Å². The maximum absolute atomic E-state index is 11.8. The molecule has 0 saturated carbocycles. The van der Waals surface area contributed by atoms with Gasteiger partial charge in [-0.05, 0) is 25.4 Å². The normalized spacial score (nSPS) is 25.1. The minimum absolute atomic E-state index is 0.00800. The first kappa shape index (κ1) is 14.2. The Labute approximate surface area is 104 Å². The second kappa shape index (κ2) is 6.15. The Morgan fingerprint density at radius 1 is 1.18 bits per heavy atom. The average Bonchev–Trinajstić information content (AvgIpc) is 2.45. The van der Waals surface area contributed by atoms with Crippen molar-refractivity contribution < 1.29 is 9.59 Å². The van der Waals surface area contributed by atoms with E-state index >= 15 is 0 Å². The summed E-state index contributed by atoms with van der Waals surface area (Å²) in [6.45, 7) is 10.4. The van der Waals surface area contributed by atoms with E-state index in [1.165, 1.54) is 4.90 Å². The van der Waals surface area contributed by atoms with Crippen LogP contribution in [-0.2, 0) is 9.59 Å². The summed E-state index contributed by atoms with van der Waals surface area (Å²) >= 11 is 0. The lowest BCUT2D eigenvalue weighted by Gasteiger charge is -2.15. The van der Waals surface area contributed by atoms with Crippen LogP contribution < -0.4 is 5.32 Å². The van der Waals surface area contributed by atoms with E-state index in [-0.39, 0.29) is 23.7 Å². The molecule has 0 spiro atoms. The van der Waals surface area contributed by atoms with Gasteiger partial charge in [0.15, 0.2) is 0 Å². The lowest BCUT2D eigenvalue weighted by Crippen LogP contribution is -2.33. The number of likely N-dealkylation sites (tertiary alicyclic amines) is 1. The molecule has 2 unspecified atom stereocenters. The Morgan fingerprint density at radius 2 is 1.71 bits per heavy atom. The number of rotatable bonds is 6. The lowest BCUT2D eigenvalue weighted by molar-refractivity contribution is -0.139. The molecule has 2 atom stereocenters. The highest BCUT2D eigenvalue weighted by Crippen LogP contribution is 2.25. The van der Waals surface area contributed by atoms with E-state index in [0.29, 0.717) is 12.5 Å². The molecule has 0 aliphatic carbocycles. The number of nitrogens with one attached hydrogen (secondary N) is 1. The number of carbonyl (C=O) groups excluding carboxylic acids is 2. The minimum atomic E-state index is -0.147. The number of carbonyl (C=O) groups is 2. The van der Waals surface area contributed by atoms with Gasteiger partial charge in [-0.1, -0.05) is 27.7 Å². The van der Waals surface area contributed by atoms with Crippen LogP contribution in [0.5, 0.6) is 0 Å². The van der Waals surface area contributed by atoms with Crippen LogP contribution >= 0.6 is 0 Å². The van der Waals surface area contributed by atoms with Crippen LogP contribution in [0.25, 0.3) is 0 Å². The maximum atomic E-state index is 11.8. The Kier molecular flexibility index (Phi) is 5.12. The summed E-state index contributed by atoms with van der Waals surface area (Å²) in [5.74, 6) is 0.320. The first-order chi connectivity index (χ1) is 7.95. The van der Waals surface area contributed by atoms with Crippen molar-refractivity contribution in [3.8, 4) is 0 Å². The highest BCUT2D eigenvalue weighted by atomic mass is 16.2. The average molecular weight is 240 g/mol. The third kappa shape index (κ3) is 3.53. The van der Waals surface area contributed by atoms with Gasteiger partial charge in [0.1, 0.15) is 0 Å². The van der Waals surface area contributed by atoms with Gasteiger partial charge in [0.2, 0.25) is 11.8 Å². The Hall–Kier alpha value is -0.900. The van der Waals surface area contributed by atoms with Gasteiger partial charge in [0.25, 0.3) is 0 Å². The first-order valence-electron chi connectivity index (χ1n) is 6.51. The van der Waals surface area contributed by atoms with Crippen LogP contribution in [-0.4, -0.2) is 36.3 Å². The van der Waals surface area contributed by atoms with Gasteiger partial charge < -0.3 is 5.32 Å². The molecule has 98 valence electrons. The van der Waals surface area contributed by atoms with E-state index in [1.54, 1.807) is 0 Å². The highest BCUT2D eigenvalue weighted by molar-refractivity contribution is 6.04. The molecule has 1 saturated heterocycles. The van der Waals surface area contributed by atoms with E-state index in [1.807, 2.05) is 13.8 Å². The number of nitrogens with zero attached hydrogens (tertiary/aromatic N) is 1. The summed E-state index contributed by atoms with van der Waals surface area (Å²) < 4.78 is 0. The number of hydrogen-bond acceptors (Lipinski definition) is 3. The second-order valence-corrected chi connectivity index (χ2v) is 5.36. The largest absolute Gasteiger partial charge is 0.316 e. The summed E-state index contributed by atoms with van der Waals surface area (Å²) in [6, 6.07) is 0. The molecule has 17 heavy (non-hydrogen) atoms. The van der Waals surface area contributed by atoms with E-state index in [0.717, 1.165) is 19.5 Å². The third-order valence-corrected chi connectivity index (χ3v) is 3.35. The molecule has 1 aliphatic rings. The highest BCUT2D eigenvalue weighted by Gasteiger charge is 2.41. The number of amides is 2. The molecule has 4 heteroatoms. The van der Waals surface area contributed by atoms with Crippen molar-refractivity contribution in [2.75, 3.05) is 19.6 Å². The minimum Gasteiger partial charge on any atom is -0.316 e. The molecule has 0 radical (unpaired) electrons. The molecular formula is C13H24N2O2. The summed E-state index contributed by atoms with van der Waals surface area (Å²) in [5.41, 5.74) is 0. The molecule has 0 bridgehead atoms. The zero-order valence-corrected chi connectivity index (χ0v) is 11.3. The fourth-order valence-corrected chi connectivity index (χ4v) is 2.00. The summed E-state index contributed by atoms with van der Waals surface area (Å²) in [7, 11) is 0. The lowest BCUT2D eigenvalue weighted by atomic mass is 10.00. The van der Waals surface area contributed by atoms with Crippen molar-refractivity contribution >= 4 is 11.8 Å². The van der Waals surface area contributed by atoms with Crippen molar-refractivity contribution in [1.82, 2.24) is 10.2 Å². The SMILES string of the molecule is CC(C)CNCCCN1C(=O)C(C)C(C)C1=O. The van der Waals surface area contributed by atoms with Crippen molar-refractivity contribution in [3.05, 3.63) is 0 Å². The summed E-state index contributed by atoms with van der Waals surface area (Å²) in [5, 5.41) is 3.31. The quantitative estimate of drug-likeness (QED) is 0.562. The van der Waals surface area contributed by atoms with Crippen LogP contribution in [0.1, 0.15) is 34.1 Å². The maximum Gasteiger partial charge on any atom is 0.232 e. The van der Waals surface area contributed by atoms with Gasteiger partial charge in [-0.3, -0.25) is 14.5 Å². The van der Waals surface area contributed by atoms with Crippen LogP contribution in [0.2, 0.25) is 0 Å². The monoisotopic (exact) mass is 240 g/mol. The fraction of sp³-hybridized carbons (Fsp3) is 0.846. The van der Waals surface area contributed by atoms with Crippen LogP contribution in [0.3, 0.4) is 0 Å². The molecule has 4 nitrogen and oxygen atoms in total. The number of hydrogen-bond donors (Lipinski definition) is 1. The molecule has 0 aromatic heterocycles. The molecule has 2 amide bonds. The van der Waals surface area contributed by atoms with Crippen molar-refractivity contribution in [2.45, 2.75) is 34.1 Å². The van der Waals surface area contributed by atoms with E-state index in [2.05, 4.69) is 19.2 Å². The van der Waals surface area contributed by atoms with Crippen molar-refractivity contribution in [3.63, 3.8) is 0 Å². The zero-order chi connectivity index (χ0) is 13.0. The van der Waals surface area contributed by atoms with Gasteiger partial charge in [0.05, 0.1) is 0 Å². The molecular weight excluding hydrogens is 216 g/mol. The van der Waals surface area contributed by atoms with Gasteiger partial charge in [0, 0.05) is 18.4 Å². The predicted molar refractivity (Wildman–Crippen MR) is 67.4 cm³/mol. The summed E-state index contributed by atoms with van der Waals surface area (Å²) in [4.78, 5) is 25.0. The third-order valence-electron chi connectivity index (χ3n) is 3.35. The zero-order valence-electron chi connectivity index (χ0n) is 11.3. The van der Waals surface area contributed by atoms with Crippen LogP contribution in [0.15, 0.2) is 0 Å². The fourth-order valence-electron chi connectivity index (χ4n) is 2.00. The van der Waals surface area contributed by atoms with Gasteiger partial charge in [-0.15, -0.1) is 0 Å². The van der Waals surface area contributed by atoms with Gasteiger partial charge >= 0.3 is 0 Å². The first-order valence-corrected chi connectivity index (χ1v) is 6.51. The second-order valence-electron chi connectivity index (χ2n) is 5.36. The van der Waals surface area contributed by atoms with E-state index in [4.69, 9.17) is 0 Å². The van der Waals surface area contributed by atoms with E-state index < -0.39 is 0 Å². The molecule has 0 aromatic carbocycles. The predicted octanol–water partition coefficient (Wildman–Crippen LogP) is 1.26. The Balaban J connectivity index is 2.28. The molecule has 1 N–H and O–H groups in total. The Bertz CT molecular complexity index is 269. The smallest absolute Gasteiger partial charge is 0.232 e. The summed E-state index contributed by atoms with van der Waals surface area (Å²) in [6.07, 6.45) is 0.837. The topological polar surface area (TPSA) is 49.4 Å².